The largest absolute Gasteiger partial charge is 0.497 e. The van der Waals surface area contributed by atoms with Crippen LogP contribution in [0.1, 0.15) is 42.3 Å². The third-order valence-corrected chi connectivity index (χ3v) is 6.53. The summed E-state index contributed by atoms with van der Waals surface area (Å²) in [6.07, 6.45) is 1.97. The fourth-order valence-corrected chi connectivity index (χ4v) is 4.50. The molecule has 0 fully saturated rings. The van der Waals surface area contributed by atoms with Crippen LogP contribution in [0.25, 0.3) is 11.3 Å². The minimum atomic E-state index is -0.642. The summed E-state index contributed by atoms with van der Waals surface area (Å²) >= 11 is 13.2. The van der Waals surface area contributed by atoms with Gasteiger partial charge in [-0.2, -0.15) is 5.10 Å². The van der Waals surface area contributed by atoms with E-state index >= 15 is 0 Å². The number of nitrogens with one attached hydrogen (secondary N) is 1. The molecule has 0 bridgehead atoms. The van der Waals surface area contributed by atoms with Gasteiger partial charge in [-0.1, -0.05) is 49.2 Å². The lowest BCUT2D eigenvalue weighted by atomic mass is 10.0. The standard InChI is InChI=1S/C26H25Cl2N5O4/c1-14(2)22-25(35)33(12-15-5-7-18(37-4)8-6-15)13-17(29-22)11-19-20(27)9-16(10-21(19)28)23-24(34)30-26(36)32(3)31-23/h5-10,13-14H,11-12H2,1-4H3,(H,30,34,36). The monoisotopic (exact) mass is 541 g/mol. The number of halogens is 2. The molecule has 0 radical (unpaired) electrons. The van der Waals surface area contributed by atoms with E-state index in [-0.39, 0.29) is 23.6 Å². The van der Waals surface area contributed by atoms with Crippen LogP contribution in [0.5, 0.6) is 5.75 Å². The van der Waals surface area contributed by atoms with Gasteiger partial charge in [0.2, 0.25) is 0 Å². The molecule has 0 unspecified atom stereocenters. The zero-order chi connectivity index (χ0) is 26.9. The van der Waals surface area contributed by atoms with Crippen LogP contribution >= 0.6 is 23.2 Å². The van der Waals surface area contributed by atoms with Crippen molar-refractivity contribution in [1.29, 1.82) is 0 Å². The first-order valence-electron chi connectivity index (χ1n) is 11.5. The van der Waals surface area contributed by atoms with Crippen LogP contribution in [0, 0.1) is 0 Å². The Morgan fingerprint density at radius 2 is 1.70 bits per heavy atom. The average molecular weight is 542 g/mol. The van der Waals surface area contributed by atoms with Crippen LogP contribution in [0.15, 0.2) is 57.0 Å². The van der Waals surface area contributed by atoms with Gasteiger partial charge in [0.25, 0.3) is 11.1 Å². The molecule has 0 aliphatic carbocycles. The number of nitrogens with zero attached hydrogens (tertiary/aromatic N) is 4. The van der Waals surface area contributed by atoms with Gasteiger partial charge in [0.15, 0.2) is 5.69 Å². The summed E-state index contributed by atoms with van der Waals surface area (Å²) in [5.74, 6) is 0.641. The number of ether oxygens (including phenoxy) is 1. The summed E-state index contributed by atoms with van der Waals surface area (Å²) in [5.41, 5.74) is 1.54. The normalized spacial score (nSPS) is 11.2. The van der Waals surface area contributed by atoms with Gasteiger partial charge >= 0.3 is 5.69 Å². The average Bonchev–Trinajstić information content (AvgIpc) is 2.85. The van der Waals surface area contributed by atoms with E-state index in [0.717, 1.165) is 16.0 Å². The molecule has 0 spiro atoms. The molecule has 37 heavy (non-hydrogen) atoms. The Morgan fingerprint density at radius 3 is 2.30 bits per heavy atom. The highest BCUT2D eigenvalue weighted by Gasteiger charge is 2.18. The molecule has 2 aromatic carbocycles. The Hall–Kier alpha value is -3.69. The molecule has 1 N–H and O–H groups in total. The van der Waals surface area contributed by atoms with Gasteiger partial charge in [-0.25, -0.2) is 14.5 Å². The number of benzene rings is 2. The first-order chi connectivity index (χ1) is 17.6. The fourth-order valence-electron chi connectivity index (χ4n) is 3.88. The summed E-state index contributed by atoms with van der Waals surface area (Å²) < 4.78 is 7.87. The zero-order valence-corrected chi connectivity index (χ0v) is 22.2. The molecule has 0 amide bonds. The van der Waals surface area contributed by atoms with Crippen LogP contribution in [0.4, 0.5) is 0 Å². The molecule has 2 aromatic heterocycles. The van der Waals surface area contributed by atoms with Gasteiger partial charge in [0, 0.05) is 41.2 Å². The Kier molecular flexibility index (Phi) is 7.65. The minimum absolute atomic E-state index is 0.0192. The van der Waals surface area contributed by atoms with Gasteiger partial charge < -0.3 is 9.30 Å². The second kappa shape index (κ2) is 10.7. The molecule has 4 aromatic rings. The van der Waals surface area contributed by atoms with Gasteiger partial charge in [0.05, 0.1) is 19.3 Å². The smallest absolute Gasteiger partial charge is 0.344 e. The Bertz CT molecular complexity index is 1620. The molecule has 4 rings (SSSR count). The van der Waals surface area contributed by atoms with E-state index in [2.05, 4.69) is 15.1 Å². The Morgan fingerprint density at radius 1 is 1.05 bits per heavy atom. The van der Waals surface area contributed by atoms with Crippen LogP contribution in [-0.4, -0.2) is 31.4 Å². The molecule has 0 aliphatic heterocycles. The van der Waals surface area contributed by atoms with Gasteiger partial charge in [0.1, 0.15) is 11.4 Å². The summed E-state index contributed by atoms with van der Waals surface area (Å²) in [5, 5.41) is 4.63. The number of hydrogen-bond acceptors (Lipinski definition) is 6. The van der Waals surface area contributed by atoms with E-state index in [4.69, 9.17) is 27.9 Å². The maximum Gasteiger partial charge on any atom is 0.344 e. The molecule has 192 valence electrons. The highest BCUT2D eigenvalue weighted by atomic mass is 35.5. The second-order valence-electron chi connectivity index (χ2n) is 8.88. The maximum atomic E-state index is 13.1. The predicted molar refractivity (Wildman–Crippen MR) is 143 cm³/mol. The van der Waals surface area contributed by atoms with Crippen LogP contribution in [0.3, 0.4) is 0 Å². The van der Waals surface area contributed by atoms with E-state index < -0.39 is 11.2 Å². The summed E-state index contributed by atoms with van der Waals surface area (Å²) in [6.45, 7) is 4.19. The minimum Gasteiger partial charge on any atom is -0.497 e. The number of hydrogen-bond donors (Lipinski definition) is 1. The number of rotatable bonds is 7. The molecule has 0 aliphatic rings. The topological polar surface area (TPSA) is 112 Å². The van der Waals surface area contributed by atoms with Crippen LogP contribution < -0.4 is 21.5 Å². The van der Waals surface area contributed by atoms with E-state index in [9.17, 15) is 14.4 Å². The van der Waals surface area contributed by atoms with Gasteiger partial charge in [-0.3, -0.25) is 14.6 Å². The Labute approximate surface area is 222 Å². The fraction of sp³-hybridized carbons (Fsp3) is 0.269. The van der Waals surface area contributed by atoms with E-state index in [0.29, 0.717) is 39.1 Å². The number of methoxy groups -OCH3 is 1. The zero-order valence-electron chi connectivity index (χ0n) is 20.7. The lowest BCUT2D eigenvalue weighted by Crippen LogP contribution is -2.31. The van der Waals surface area contributed by atoms with Crippen LogP contribution in [-0.2, 0) is 20.0 Å². The third kappa shape index (κ3) is 5.68. The third-order valence-electron chi connectivity index (χ3n) is 5.86. The van der Waals surface area contributed by atoms with Crippen molar-refractivity contribution in [1.82, 2.24) is 24.3 Å². The molecule has 0 saturated carbocycles. The van der Waals surface area contributed by atoms with E-state index in [1.807, 2.05) is 38.1 Å². The summed E-state index contributed by atoms with van der Waals surface area (Å²) in [6, 6.07) is 10.6. The lowest BCUT2D eigenvalue weighted by Gasteiger charge is -2.15. The number of aromatic amines is 1. The molecule has 9 nitrogen and oxygen atoms in total. The Balaban J connectivity index is 1.72. The maximum absolute atomic E-state index is 13.1. The predicted octanol–water partition coefficient (Wildman–Crippen LogP) is 3.77. The SMILES string of the molecule is COc1ccc(Cn2cc(Cc3c(Cl)cc(-c4nn(C)c(=O)[nH]c4=O)cc3Cl)nc(C(C)C)c2=O)cc1. The molecular formula is C26H25Cl2N5O4. The quantitative estimate of drug-likeness (QED) is 0.381. The second-order valence-corrected chi connectivity index (χ2v) is 9.69. The van der Waals surface area contributed by atoms with Crippen LogP contribution in [0.2, 0.25) is 10.0 Å². The van der Waals surface area contributed by atoms with Crippen molar-refractivity contribution in [3.8, 4) is 17.0 Å². The van der Waals surface area contributed by atoms with Crippen molar-refractivity contribution >= 4 is 23.2 Å². The first kappa shape index (κ1) is 26.4. The number of aryl methyl sites for hydroxylation is 1. The highest BCUT2D eigenvalue weighted by Crippen LogP contribution is 2.31. The molecule has 0 saturated heterocycles. The molecule has 2 heterocycles. The summed E-state index contributed by atoms with van der Waals surface area (Å²) in [4.78, 5) is 43.9. The van der Waals surface area contributed by atoms with Crippen molar-refractivity contribution < 1.29 is 4.74 Å². The molecule has 11 heteroatoms. The first-order valence-corrected chi connectivity index (χ1v) is 12.2. The van der Waals surface area contributed by atoms with Gasteiger partial charge in [-0.05, 0) is 35.4 Å². The lowest BCUT2D eigenvalue weighted by molar-refractivity contribution is 0.414. The van der Waals surface area contributed by atoms with E-state index in [1.54, 1.807) is 30.0 Å². The van der Waals surface area contributed by atoms with Crippen molar-refractivity contribution in [2.75, 3.05) is 7.11 Å². The van der Waals surface area contributed by atoms with E-state index in [1.165, 1.54) is 7.05 Å². The van der Waals surface area contributed by atoms with Crippen molar-refractivity contribution in [2.45, 2.75) is 32.7 Å². The number of aromatic nitrogens is 5. The highest BCUT2D eigenvalue weighted by molar-refractivity contribution is 6.36. The van der Waals surface area contributed by atoms with Crippen molar-refractivity contribution in [3.63, 3.8) is 0 Å². The van der Waals surface area contributed by atoms with Crippen molar-refractivity contribution in [3.05, 3.63) is 106 Å². The molecular weight excluding hydrogens is 517 g/mol. The summed E-state index contributed by atoms with van der Waals surface area (Å²) in [7, 11) is 3.03. The molecule has 0 atom stereocenters. The number of H-pyrrole nitrogens is 1. The van der Waals surface area contributed by atoms with Gasteiger partial charge in [-0.15, -0.1) is 0 Å². The van der Waals surface area contributed by atoms with Crippen molar-refractivity contribution in [2.24, 2.45) is 7.05 Å².